The molecule has 0 bridgehead atoms. The van der Waals surface area contributed by atoms with E-state index in [1.54, 1.807) is 14.0 Å². The van der Waals surface area contributed by atoms with Crippen molar-refractivity contribution in [3.05, 3.63) is 63.6 Å². The first-order chi connectivity index (χ1) is 10.1. The number of H-pyrrole nitrogens is 1. The maximum Gasteiger partial charge on any atom is 0.256 e. The Labute approximate surface area is 123 Å². The van der Waals surface area contributed by atoms with Crippen molar-refractivity contribution in [3.8, 4) is 5.75 Å². The molecular formula is C16H18N2O3. The first kappa shape index (κ1) is 14.8. The smallest absolute Gasteiger partial charge is 0.256 e. The molecule has 0 saturated carbocycles. The predicted octanol–water partition coefficient (Wildman–Crippen LogP) is 1.66. The van der Waals surface area contributed by atoms with E-state index in [2.05, 4.69) is 10.3 Å². The van der Waals surface area contributed by atoms with E-state index in [1.165, 1.54) is 12.3 Å². The van der Waals surface area contributed by atoms with E-state index in [0.29, 0.717) is 13.0 Å². The molecular weight excluding hydrogens is 268 g/mol. The van der Waals surface area contributed by atoms with E-state index in [1.807, 2.05) is 24.3 Å². The number of benzene rings is 1. The van der Waals surface area contributed by atoms with Crippen LogP contribution in [0.25, 0.3) is 0 Å². The lowest BCUT2D eigenvalue weighted by atomic mass is 10.1. The third kappa shape index (κ3) is 3.95. The van der Waals surface area contributed by atoms with Gasteiger partial charge in [-0.2, -0.15) is 0 Å². The summed E-state index contributed by atoms with van der Waals surface area (Å²) in [7, 11) is 1.62. The molecule has 1 heterocycles. The van der Waals surface area contributed by atoms with E-state index in [9.17, 15) is 9.59 Å². The minimum Gasteiger partial charge on any atom is -0.497 e. The van der Waals surface area contributed by atoms with Crippen molar-refractivity contribution in [2.75, 3.05) is 13.7 Å². The van der Waals surface area contributed by atoms with Crippen molar-refractivity contribution in [1.29, 1.82) is 0 Å². The molecule has 5 nitrogen and oxygen atoms in total. The van der Waals surface area contributed by atoms with Crippen LogP contribution in [0.15, 0.2) is 41.3 Å². The van der Waals surface area contributed by atoms with Crippen LogP contribution in [0, 0.1) is 6.92 Å². The van der Waals surface area contributed by atoms with Gasteiger partial charge in [-0.05, 0) is 31.0 Å². The van der Waals surface area contributed by atoms with Crippen molar-refractivity contribution in [1.82, 2.24) is 10.3 Å². The number of amides is 1. The van der Waals surface area contributed by atoms with E-state index in [4.69, 9.17) is 4.74 Å². The molecule has 0 atom stereocenters. The van der Waals surface area contributed by atoms with Gasteiger partial charge in [0.15, 0.2) is 5.43 Å². The molecule has 21 heavy (non-hydrogen) atoms. The quantitative estimate of drug-likeness (QED) is 0.878. The second kappa shape index (κ2) is 6.74. The number of aromatic nitrogens is 1. The number of hydrogen-bond acceptors (Lipinski definition) is 3. The zero-order valence-corrected chi connectivity index (χ0v) is 12.1. The van der Waals surface area contributed by atoms with Crippen LogP contribution in [-0.4, -0.2) is 24.5 Å². The molecule has 0 unspecified atom stereocenters. The third-order valence-corrected chi connectivity index (χ3v) is 3.14. The second-order valence-electron chi connectivity index (χ2n) is 4.75. The van der Waals surface area contributed by atoms with Crippen LogP contribution < -0.4 is 15.5 Å². The number of nitrogens with one attached hydrogen (secondary N) is 2. The molecule has 0 fully saturated rings. The summed E-state index contributed by atoms with van der Waals surface area (Å²) < 4.78 is 5.15. The maximum absolute atomic E-state index is 11.9. The lowest BCUT2D eigenvalue weighted by Gasteiger charge is -2.06. The number of hydrogen-bond donors (Lipinski definition) is 2. The van der Waals surface area contributed by atoms with Crippen molar-refractivity contribution >= 4 is 5.91 Å². The Balaban J connectivity index is 1.93. The largest absolute Gasteiger partial charge is 0.497 e. The molecule has 0 aliphatic carbocycles. The first-order valence-electron chi connectivity index (χ1n) is 6.70. The van der Waals surface area contributed by atoms with Crippen molar-refractivity contribution in [2.24, 2.45) is 0 Å². The first-order valence-corrected chi connectivity index (χ1v) is 6.70. The Morgan fingerprint density at radius 1 is 1.33 bits per heavy atom. The molecule has 0 aliphatic heterocycles. The Morgan fingerprint density at radius 3 is 2.86 bits per heavy atom. The van der Waals surface area contributed by atoms with Crippen LogP contribution in [0.5, 0.6) is 5.75 Å². The second-order valence-corrected chi connectivity index (χ2v) is 4.75. The molecule has 1 aromatic carbocycles. The minimum absolute atomic E-state index is 0.131. The zero-order valence-electron chi connectivity index (χ0n) is 12.1. The molecule has 2 aromatic rings. The highest BCUT2D eigenvalue weighted by molar-refractivity contribution is 5.93. The molecule has 0 saturated heterocycles. The molecule has 0 aliphatic rings. The number of aromatic amines is 1. The molecule has 5 heteroatoms. The summed E-state index contributed by atoms with van der Waals surface area (Å²) >= 11 is 0. The Bertz CT molecular complexity index is 692. The Kier molecular flexibility index (Phi) is 4.77. The van der Waals surface area contributed by atoms with Crippen LogP contribution in [0.3, 0.4) is 0 Å². The number of methoxy groups -OCH3 is 1. The van der Waals surface area contributed by atoms with Crippen LogP contribution in [0.1, 0.15) is 21.6 Å². The van der Waals surface area contributed by atoms with Gasteiger partial charge in [0.1, 0.15) is 11.3 Å². The summed E-state index contributed by atoms with van der Waals surface area (Å²) in [6.45, 7) is 2.23. The molecule has 0 spiro atoms. The average molecular weight is 286 g/mol. The number of carbonyl (C=O) groups is 1. The predicted molar refractivity (Wildman–Crippen MR) is 80.8 cm³/mol. The third-order valence-electron chi connectivity index (χ3n) is 3.14. The Morgan fingerprint density at radius 2 is 2.14 bits per heavy atom. The van der Waals surface area contributed by atoms with Gasteiger partial charge in [0.05, 0.1) is 7.11 Å². The molecule has 1 amide bonds. The summed E-state index contributed by atoms with van der Waals surface area (Å²) in [4.78, 5) is 26.5. The highest BCUT2D eigenvalue weighted by Gasteiger charge is 2.09. The number of carbonyl (C=O) groups excluding carboxylic acids is 1. The molecule has 0 radical (unpaired) electrons. The van der Waals surface area contributed by atoms with E-state index in [-0.39, 0.29) is 16.9 Å². The van der Waals surface area contributed by atoms with Crippen LogP contribution >= 0.6 is 0 Å². The molecule has 1 aromatic heterocycles. The summed E-state index contributed by atoms with van der Waals surface area (Å²) in [5.41, 5.74) is 1.65. The van der Waals surface area contributed by atoms with Gasteiger partial charge < -0.3 is 15.0 Å². The van der Waals surface area contributed by atoms with Crippen molar-refractivity contribution < 1.29 is 9.53 Å². The topological polar surface area (TPSA) is 71.2 Å². The maximum atomic E-state index is 11.9. The molecule has 2 rings (SSSR count). The van der Waals surface area contributed by atoms with Gasteiger partial charge in [-0.1, -0.05) is 12.1 Å². The molecule has 110 valence electrons. The number of rotatable bonds is 5. The van der Waals surface area contributed by atoms with E-state index >= 15 is 0 Å². The van der Waals surface area contributed by atoms with Gasteiger partial charge in [-0.15, -0.1) is 0 Å². The van der Waals surface area contributed by atoms with Crippen molar-refractivity contribution in [3.63, 3.8) is 0 Å². The van der Waals surface area contributed by atoms with Crippen LogP contribution in [0.2, 0.25) is 0 Å². The zero-order chi connectivity index (χ0) is 15.2. The van der Waals surface area contributed by atoms with Crippen LogP contribution in [-0.2, 0) is 6.42 Å². The van der Waals surface area contributed by atoms with E-state index < -0.39 is 0 Å². The Hall–Kier alpha value is -2.56. The summed E-state index contributed by atoms with van der Waals surface area (Å²) in [6.07, 6.45) is 2.12. The van der Waals surface area contributed by atoms with Crippen LogP contribution in [0.4, 0.5) is 0 Å². The normalized spacial score (nSPS) is 10.2. The van der Waals surface area contributed by atoms with Gasteiger partial charge in [0.2, 0.25) is 0 Å². The fourth-order valence-corrected chi connectivity index (χ4v) is 1.99. The lowest BCUT2D eigenvalue weighted by Crippen LogP contribution is -2.30. The van der Waals surface area contributed by atoms with Gasteiger partial charge >= 0.3 is 0 Å². The summed E-state index contributed by atoms with van der Waals surface area (Å²) in [5, 5.41) is 2.75. The number of ether oxygens (including phenoxy) is 1. The number of pyridine rings is 1. The fraction of sp³-hybridized carbons (Fsp3) is 0.250. The van der Waals surface area contributed by atoms with Gasteiger partial charge in [0.25, 0.3) is 5.91 Å². The highest BCUT2D eigenvalue weighted by atomic mass is 16.5. The summed E-state index contributed by atoms with van der Waals surface area (Å²) in [5.74, 6) is 0.424. The van der Waals surface area contributed by atoms with Crippen molar-refractivity contribution in [2.45, 2.75) is 13.3 Å². The lowest BCUT2D eigenvalue weighted by molar-refractivity contribution is 0.0952. The number of aryl methyl sites for hydroxylation is 1. The van der Waals surface area contributed by atoms with E-state index in [0.717, 1.165) is 17.0 Å². The fourth-order valence-electron chi connectivity index (χ4n) is 1.99. The summed E-state index contributed by atoms with van der Waals surface area (Å²) in [6, 6.07) is 9.07. The monoisotopic (exact) mass is 286 g/mol. The molecule has 2 N–H and O–H groups in total. The standard InChI is InChI=1S/C16H18N2O3/c1-11-8-15(19)14(10-18-11)16(20)17-7-6-12-4-3-5-13(9-12)21-2/h3-5,8-10H,6-7H2,1-2H3,(H,17,20)(H,18,19). The van der Waals surface area contributed by atoms with Gasteiger partial charge in [-0.25, -0.2) is 0 Å². The van der Waals surface area contributed by atoms with Gasteiger partial charge in [0, 0.05) is 24.5 Å². The SMILES string of the molecule is COc1cccc(CCNC(=O)c2c[nH]c(C)cc2=O)c1. The highest BCUT2D eigenvalue weighted by Crippen LogP contribution is 2.12. The minimum atomic E-state index is -0.362. The van der Waals surface area contributed by atoms with Gasteiger partial charge in [-0.3, -0.25) is 9.59 Å². The average Bonchev–Trinajstić information content (AvgIpc) is 2.47.